The van der Waals surface area contributed by atoms with Gasteiger partial charge in [0.25, 0.3) is 0 Å². The summed E-state index contributed by atoms with van der Waals surface area (Å²) in [6.07, 6.45) is 1.57. The Balaban J connectivity index is 2.19. The summed E-state index contributed by atoms with van der Waals surface area (Å²) in [7, 11) is -1.02. The molecule has 0 spiro atoms. The van der Waals surface area contributed by atoms with E-state index in [1.54, 1.807) is 26.0 Å². The van der Waals surface area contributed by atoms with Gasteiger partial charge in [-0.05, 0) is 62.7 Å². The molecule has 1 heterocycles. The average molecular weight is 475 g/mol. The monoisotopic (exact) mass is 475 g/mol. The summed E-state index contributed by atoms with van der Waals surface area (Å²) in [4.78, 5) is 13.4. The van der Waals surface area contributed by atoms with Gasteiger partial charge in [0, 0.05) is 31.0 Å². The SMILES string of the molecule is CCCCOc1cccc2c1cc(C(C)(C)C(=O)CP(=O)(OC)OC)n2-c1ccc(F)cc1. The molecule has 0 aliphatic carbocycles. The zero-order valence-corrected chi connectivity index (χ0v) is 20.7. The third-order valence-electron chi connectivity index (χ3n) is 5.88. The second-order valence-corrected chi connectivity index (χ2v) is 10.7. The fraction of sp³-hybridized carbons (Fsp3) is 0.400. The van der Waals surface area contributed by atoms with E-state index in [9.17, 15) is 13.8 Å². The Kier molecular flexibility index (Phi) is 7.78. The Morgan fingerprint density at radius 3 is 2.36 bits per heavy atom. The standard InChI is InChI=1S/C25H31FNO5P/c1-6-7-15-32-22-10-8-9-21-20(22)16-23(27(21)19-13-11-18(26)12-14-19)25(2,3)24(28)17-33(29,30-4)31-5/h8-14,16H,6-7,15,17H2,1-5H3. The smallest absolute Gasteiger partial charge is 0.337 e. The first-order valence-electron chi connectivity index (χ1n) is 10.9. The van der Waals surface area contributed by atoms with Crippen molar-refractivity contribution < 1.29 is 27.5 Å². The fourth-order valence-corrected chi connectivity index (χ4v) is 4.86. The maximum Gasteiger partial charge on any atom is 0.337 e. The lowest BCUT2D eigenvalue weighted by molar-refractivity contribution is -0.121. The van der Waals surface area contributed by atoms with Crippen molar-refractivity contribution in [1.29, 1.82) is 0 Å². The Morgan fingerprint density at radius 1 is 1.09 bits per heavy atom. The van der Waals surface area contributed by atoms with Gasteiger partial charge in [-0.25, -0.2) is 4.39 Å². The number of unbranched alkanes of at least 4 members (excludes halogenated alkanes) is 1. The summed E-state index contributed by atoms with van der Waals surface area (Å²) < 4.78 is 44.3. The zero-order chi connectivity index (χ0) is 24.2. The lowest BCUT2D eigenvalue weighted by atomic mass is 9.85. The highest BCUT2D eigenvalue weighted by atomic mass is 31.2. The number of aromatic nitrogens is 1. The van der Waals surface area contributed by atoms with Gasteiger partial charge in [0.05, 0.1) is 17.5 Å². The lowest BCUT2D eigenvalue weighted by Crippen LogP contribution is -2.34. The Hall–Kier alpha value is -2.47. The number of hydrogen-bond donors (Lipinski definition) is 0. The quantitative estimate of drug-likeness (QED) is 0.241. The van der Waals surface area contributed by atoms with Crippen LogP contribution in [0.2, 0.25) is 0 Å². The number of ether oxygens (including phenoxy) is 1. The molecule has 0 saturated heterocycles. The number of hydrogen-bond acceptors (Lipinski definition) is 5. The molecule has 0 aliphatic heterocycles. The number of Topliss-reactive ketones (excluding diaryl/α,β-unsaturated/α-hetero) is 1. The van der Waals surface area contributed by atoms with E-state index in [0.717, 1.165) is 23.7 Å². The fourth-order valence-electron chi connectivity index (χ4n) is 3.70. The normalized spacial score (nSPS) is 12.3. The average Bonchev–Trinajstić information content (AvgIpc) is 3.21. The van der Waals surface area contributed by atoms with Crippen molar-refractivity contribution in [3.05, 3.63) is 60.0 Å². The third-order valence-corrected chi connectivity index (χ3v) is 7.66. The Bertz CT molecular complexity index is 1160. The van der Waals surface area contributed by atoms with E-state index in [0.29, 0.717) is 23.7 Å². The molecule has 0 N–H and O–H groups in total. The summed E-state index contributed by atoms with van der Waals surface area (Å²) >= 11 is 0. The molecule has 3 rings (SSSR count). The molecule has 0 atom stereocenters. The van der Waals surface area contributed by atoms with Crippen LogP contribution in [0.3, 0.4) is 0 Å². The van der Waals surface area contributed by atoms with Crippen molar-refractivity contribution in [2.75, 3.05) is 27.0 Å². The molecule has 0 radical (unpaired) electrons. The molecule has 33 heavy (non-hydrogen) atoms. The summed E-state index contributed by atoms with van der Waals surface area (Å²) in [5, 5.41) is 0.843. The number of ketones is 1. The van der Waals surface area contributed by atoms with E-state index in [1.807, 2.05) is 28.8 Å². The van der Waals surface area contributed by atoms with Crippen LogP contribution in [-0.4, -0.2) is 37.3 Å². The number of carbonyl (C=O) groups excluding carboxylic acids is 1. The van der Waals surface area contributed by atoms with Crippen LogP contribution in [0.4, 0.5) is 4.39 Å². The van der Waals surface area contributed by atoms with Crippen LogP contribution < -0.4 is 4.74 Å². The van der Waals surface area contributed by atoms with Gasteiger partial charge >= 0.3 is 7.60 Å². The second-order valence-electron chi connectivity index (χ2n) is 8.41. The van der Waals surface area contributed by atoms with Crippen LogP contribution in [0.15, 0.2) is 48.5 Å². The molecule has 0 amide bonds. The Labute approximate surface area is 194 Å². The van der Waals surface area contributed by atoms with Crippen molar-refractivity contribution in [2.24, 2.45) is 0 Å². The molecular weight excluding hydrogens is 444 g/mol. The summed E-state index contributed by atoms with van der Waals surface area (Å²) in [5.74, 6) is 0.0664. The predicted octanol–water partition coefficient (Wildman–Crippen LogP) is 6.28. The minimum Gasteiger partial charge on any atom is -0.493 e. The molecule has 2 aromatic carbocycles. The first kappa shape index (κ1) is 25.2. The van der Waals surface area contributed by atoms with Crippen molar-refractivity contribution in [3.63, 3.8) is 0 Å². The zero-order valence-electron chi connectivity index (χ0n) is 19.8. The maximum atomic E-state index is 13.7. The van der Waals surface area contributed by atoms with Crippen LogP contribution in [0.1, 0.15) is 39.3 Å². The highest BCUT2D eigenvalue weighted by Crippen LogP contribution is 2.48. The molecule has 6 nitrogen and oxygen atoms in total. The van der Waals surface area contributed by atoms with Crippen molar-refractivity contribution >= 4 is 24.3 Å². The van der Waals surface area contributed by atoms with Crippen LogP contribution in [0.25, 0.3) is 16.6 Å². The highest BCUT2D eigenvalue weighted by molar-refractivity contribution is 7.54. The van der Waals surface area contributed by atoms with Crippen molar-refractivity contribution in [1.82, 2.24) is 4.57 Å². The second kappa shape index (κ2) is 10.2. The number of benzene rings is 2. The molecule has 0 fully saturated rings. The van der Waals surface area contributed by atoms with Crippen LogP contribution in [0.5, 0.6) is 5.75 Å². The molecule has 1 aromatic heterocycles. The van der Waals surface area contributed by atoms with E-state index in [4.69, 9.17) is 13.8 Å². The molecule has 0 unspecified atom stereocenters. The summed E-state index contributed by atoms with van der Waals surface area (Å²) in [6, 6.07) is 13.7. The van der Waals surface area contributed by atoms with Gasteiger partial charge in [-0.1, -0.05) is 19.4 Å². The number of carbonyl (C=O) groups is 1. The van der Waals surface area contributed by atoms with Gasteiger partial charge in [0.1, 0.15) is 17.7 Å². The van der Waals surface area contributed by atoms with Gasteiger partial charge in [0.15, 0.2) is 5.78 Å². The first-order valence-corrected chi connectivity index (χ1v) is 12.7. The van der Waals surface area contributed by atoms with Crippen LogP contribution in [0, 0.1) is 5.82 Å². The number of fused-ring (bicyclic) bond motifs is 1. The van der Waals surface area contributed by atoms with Gasteiger partial charge in [-0.15, -0.1) is 0 Å². The first-order chi connectivity index (χ1) is 15.7. The topological polar surface area (TPSA) is 66.8 Å². The third kappa shape index (κ3) is 5.21. The lowest BCUT2D eigenvalue weighted by Gasteiger charge is -2.27. The number of nitrogens with zero attached hydrogens (tertiary/aromatic N) is 1. The largest absolute Gasteiger partial charge is 0.493 e. The molecule has 0 saturated carbocycles. The Morgan fingerprint density at radius 2 is 1.76 bits per heavy atom. The van der Waals surface area contributed by atoms with E-state index in [2.05, 4.69) is 6.92 Å². The molecular formula is C25H31FNO5P. The molecule has 178 valence electrons. The summed E-state index contributed by atoms with van der Waals surface area (Å²) in [6.45, 7) is 6.23. The number of halogens is 1. The van der Waals surface area contributed by atoms with E-state index in [1.165, 1.54) is 26.4 Å². The van der Waals surface area contributed by atoms with Gasteiger partial charge < -0.3 is 18.4 Å². The number of rotatable bonds is 11. The molecule has 8 heteroatoms. The molecule has 0 aliphatic rings. The highest BCUT2D eigenvalue weighted by Gasteiger charge is 2.39. The molecule has 3 aromatic rings. The minimum atomic E-state index is -3.54. The van der Waals surface area contributed by atoms with Gasteiger partial charge in [0.2, 0.25) is 0 Å². The maximum absolute atomic E-state index is 13.7. The van der Waals surface area contributed by atoms with E-state index >= 15 is 0 Å². The van der Waals surface area contributed by atoms with E-state index < -0.39 is 13.0 Å². The molecule has 0 bridgehead atoms. The van der Waals surface area contributed by atoms with Crippen LogP contribution >= 0.6 is 7.60 Å². The van der Waals surface area contributed by atoms with Crippen molar-refractivity contribution in [2.45, 2.75) is 39.0 Å². The van der Waals surface area contributed by atoms with Crippen molar-refractivity contribution in [3.8, 4) is 11.4 Å². The van der Waals surface area contributed by atoms with E-state index in [-0.39, 0.29) is 17.8 Å². The van der Waals surface area contributed by atoms with Gasteiger partial charge in [-0.3, -0.25) is 9.36 Å². The summed E-state index contributed by atoms with van der Waals surface area (Å²) in [5.41, 5.74) is 1.14. The predicted molar refractivity (Wildman–Crippen MR) is 128 cm³/mol. The van der Waals surface area contributed by atoms with Crippen LogP contribution in [-0.2, 0) is 23.8 Å². The minimum absolute atomic E-state index is 0.297. The van der Waals surface area contributed by atoms with Gasteiger partial charge in [-0.2, -0.15) is 0 Å².